The van der Waals surface area contributed by atoms with Crippen LogP contribution in [0.2, 0.25) is 0 Å². The Balaban J connectivity index is 4.86. The number of hydrogen-bond donors (Lipinski definition) is 6. The molecular weight excluding hydrogens is 346 g/mol. The molecule has 9 nitrogen and oxygen atoms in total. The molecule has 23 heavy (non-hydrogen) atoms. The summed E-state index contributed by atoms with van der Waals surface area (Å²) in [6, 6.07) is -3.59. The Labute approximate surface area is 143 Å². The summed E-state index contributed by atoms with van der Waals surface area (Å²) in [5.74, 6) is -3.77. The lowest BCUT2D eigenvalue weighted by atomic mass is 10.1. The van der Waals surface area contributed by atoms with E-state index in [4.69, 9.17) is 15.9 Å². The zero-order chi connectivity index (χ0) is 18.0. The minimum absolute atomic E-state index is 0.179. The Morgan fingerprint density at radius 3 is 2.13 bits per heavy atom. The first-order valence-corrected chi connectivity index (χ1v) is 8.66. The maximum absolute atomic E-state index is 12.0. The molecular formula is C12H21N3O6S2. The van der Waals surface area contributed by atoms with Crippen molar-refractivity contribution in [1.82, 2.24) is 10.6 Å². The van der Waals surface area contributed by atoms with Crippen molar-refractivity contribution in [2.24, 2.45) is 5.73 Å². The van der Waals surface area contributed by atoms with E-state index >= 15 is 0 Å². The second-order valence-corrected chi connectivity index (χ2v) is 5.98. The van der Waals surface area contributed by atoms with Crippen molar-refractivity contribution in [1.29, 1.82) is 0 Å². The van der Waals surface area contributed by atoms with Crippen molar-refractivity contribution in [3.05, 3.63) is 0 Å². The van der Waals surface area contributed by atoms with E-state index in [0.717, 1.165) is 0 Å². The zero-order valence-corrected chi connectivity index (χ0v) is 14.2. The molecule has 3 atom stereocenters. The van der Waals surface area contributed by atoms with Gasteiger partial charge in [0.25, 0.3) is 0 Å². The lowest BCUT2D eigenvalue weighted by Crippen LogP contribution is -2.55. The van der Waals surface area contributed by atoms with Gasteiger partial charge in [0.2, 0.25) is 11.8 Å². The maximum atomic E-state index is 12.0. The predicted octanol–water partition coefficient (Wildman–Crippen LogP) is -1.47. The van der Waals surface area contributed by atoms with Crippen LogP contribution in [0.3, 0.4) is 0 Å². The molecule has 0 heterocycles. The molecule has 0 saturated carbocycles. The second kappa shape index (κ2) is 11.1. The van der Waals surface area contributed by atoms with Crippen LogP contribution in [0, 0.1) is 0 Å². The number of aliphatic carboxylic acids is 2. The van der Waals surface area contributed by atoms with Gasteiger partial charge in [-0.15, -0.1) is 0 Å². The summed E-state index contributed by atoms with van der Waals surface area (Å²) in [5, 5.41) is 22.1. The van der Waals surface area contributed by atoms with Crippen LogP contribution in [0.1, 0.15) is 12.8 Å². The van der Waals surface area contributed by atoms with Gasteiger partial charge in [-0.05, 0) is 18.4 Å². The summed E-state index contributed by atoms with van der Waals surface area (Å²) in [7, 11) is 0. The number of thioether (sulfide) groups is 1. The van der Waals surface area contributed by atoms with Gasteiger partial charge in [0, 0.05) is 5.75 Å². The molecule has 0 rings (SSSR count). The minimum atomic E-state index is -1.41. The molecule has 0 aromatic carbocycles. The number of carbonyl (C=O) groups excluding carboxylic acids is 2. The number of thiol groups is 1. The number of hydrogen-bond acceptors (Lipinski definition) is 7. The first-order valence-electron chi connectivity index (χ1n) is 6.63. The van der Waals surface area contributed by atoms with Gasteiger partial charge in [0.1, 0.15) is 12.1 Å². The van der Waals surface area contributed by atoms with E-state index in [-0.39, 0.29) is 5.75 Å². The predicted molar refractivity (Wildman–Crippen MR) is 88.6 cm³/mol. The second-order valence-electron chi connectivity index (χ2n) is 4.63. The Morgan fingerprint density at radius 2 is 1.70 bits per heavy atom. The Bertz CT molecular complexity index is 449. The van der Waals surface area contributed by atoms with E-state index in [1.807, 2.05) is 6.26 Å². The van der Waals surface area contributed by atoms with E-state index < -0.39 is 48.3 Å². The van der Waals surface area contributed by atoms with Crippen molar-refractivity contribution in [2.45, 2.75) is 31.0 Å². The SMILES string of the molecule is CSCCC(N)C(=O)NC(CC(=O)O)C(=O)NC(CS)C(=O)O. The monoisotopic (exact) mass is 367 g/mol. The van der Waals surface area contributed by atoms with E-state index in [9.17, 15) is 19.2 Å². The van der Waals surface area contributed by atoms with Gasteiger partial charge in [-0.25, -0.2) is 4.79 Å². The van der Waals surface area contributed by atoms with Crippen LogP contribution in [-0.4, -0.2) is 69.9 Å². The van der Waals surface area contributed by atoms with E-state index in [0.29, 0.717) is 12.2 Å². The van der Waals surface area contributed by atoms with Crippen LogP contribution >= 0.6 is 24.4 Å². The third-order valence-corrected chi connectivity index (χ3v) is 3.79. The molecule has 2 amide bonds. The molecule has 132 valence electrons. The lowest BCUT2D eigenvalue weighted by Gasteiger charge is -2.21. The molecule has 11 heteroatoms. The van der Waals surface area contributed by atoms with E-state index in [1.54, 1.807) is 0 Å². The molecule has 6 N–H and O–H groups in total. The highest BCUT2D eigenvalue weighted by molar-refractivity contribution is 7.98. The van der Waals surface area contributed by atoms with Gasteiger partial charge in [0.05, 0.1) is 12.5 Å². The van der Waals surface area contributed by atoms with E-state index in [1.165, 1.54) is 11.8 Å². The molecule has 0 spiro atoms. The molecule has 0 aromatic rings. The van der Waals surface area contributed by atoms with Gasteiger partial charge in [-0.3, -0.25) is 14.4 Å². The molecule has 0 saturated heterocycles. The third-order valence-electron chi connectivity index (χ3n) is 2.78. The Morgan fingerprint density at radius 1 is 1.13 bits per heavy atom. The number of amides is 2. The van der Waals surface area contributed by atoms with Gasteiger partial charge < -0.3 is 26.6 Å². The molecule has 3 unspecified atom stereocenters. The van der Waals surface area contributed by atoms with Crippen molar-refractivity contribution in [2.75, 3.05) is 17.8 Å². The smallest absolute Gasteiger partial charge is 0.327 e. The van der Waals surface area contributed by atoms with Gasteiger partial charge in [0.15, 0.2) is 0 Å². The van der Waals surface area contributed by atoms with Crippen molar-refractivity contribution >= 4 is 48.1 Å². The normalized spacial score (nSPS) is 14.4. The third kappa shape index (κ3) is 8.67. The average Bonchev–Trinajstić information content (AvgIpc) is 2.48. The summed E-state index contributed by atoms with van der Waals surface area (Å²) in [6.45, 7) is 0. The highest BCUT2D eigenvalue weighted by Crippen LogP contribution is 2.01. The molecule has 0 aliphatic heterocycles. The first-order chi connectivity index (χ1) is 10.7. The zero-order valence-electron chi connectivity index (χ0n) is 12.5. The molecule has 0 aromatic heterocycles. The van der Waals surface area contributed by atoms with Gasteiger partial charge in [-0.1, -0.05) is 0 Å². The average molecular weight is 367 g/mol. The van der Waals surface area contributed by atoms with Gasteiger partial charge in [-0.2, -0.15) is 24.4 Å². The largest absolute Gasteiger partial charge is 0.481 e. The van der Waals surface area contributed by atoms with E-state index in [2.05, 4.69) is 23.3 Å². The van der Waals surface area contributed by atoms with Crippen LogP contribution in [-0.2, 0) is 19.2 Å². The number of carboxylic acid groups (broad SMARTS) is 2. The fourth-order valence-corrected chi connectivity index (χ4v) is 2.23. The molecule has 0 aliphatic carbocycles. The highest BCUT2D eigenvalue weighted by atomic mass is 32.2. The molecule has 0 radical (unpaired) electrons. The fraction of sp³-hybridized carbons (Fsp3) is 0.667. The fourth-order valence-electron chi connectivity index (χ4n) is 1.50. The number of rotatable bonds is 11. The van der Waals surface area contributed by atoms with Crippen LogP contribution in [0.15, 0.2) is 0 Å². The molecule has 0 bridgehead atoms. The van der Waals surface area contributed by atoms with Gasteiger partial charge >= 0.3 is 11.9 Å². The van der Waals surface area contributed by atoms with Crippen molar-refractivity contribution in [3.63, 3.8) is 0 Å². The number of nitrogens with one attached hydrogen (secondary N) is 2. The lowest BCUT2D eigenvalue weighted by molar-refractivity contribution is -0.143. The number of nitrogens with two attached hydrogens (primary N) is 1. The summed E-state index contributed by atoms with van der Waals surface area (Å²) >= 11 is 5.28. The maximum Gasteiger partial charge on any atom is 0.327 e. The summed E-state index contributed by atoms with van der Waals surface area (Å²) < 4.78 is 0. The highest BCUT2D eigenvalue weighted by Gasteiger charge is 2.28. The van der Waals surface area contributed by atoms with Crippen LogP contribution in [0.5, 0.6) is 0 Å². The number of carbonyl (C=O) groups is 4. The Hall–Kier alpha value is -1.46. The minimum Gasteiger partial charge on any atom is -0.481 e. The summed E-state index contributed by atoms with van der Waals surface area (Å²) in [6.07, 6.45) is 1.52. The Kier molecular flexibility index (Phi) is 10.4. The molecule has 0 fully saturated rings. The number of carboxylic acids is 2. The van der Waals surface area contributed by atoms with Crippen LogP contribution < -0.4 is 16.4 Å². The van der Waals surface area contributed by atoms with Crippen LogP contribution in [0.25, 0.3) is 0 Å². The van der Waals surface area contributed by atoms with Crippen LogP contribution in [0.4, 0.5) is 0 Å². The van der Waals surface area contributed by atoms with Crippen molar-refractivity contribution in [3.8, 4) is 0 Å². The standard InChI is InChI=1S/C12H21N3O6S2/c1-23-3-2-6(13)10(18)14-7(4-9(16)17)11(19)15-8(5-22)12(20)21/h6-8,22H,2-5,13H2,1H3,(H,14,18)(H,15,19)(H,16,17)(H,20,21). The quantitative estimate of drug-likeness (QED) is 0.241. The summed E-state index contributed by atoms with van der Waals surface area (Å²) in [5.41, 5.74) is 5.65. The summed E-state index contributed by atoms with van der Waals surface area (Å²) in [4.78, 5) is 45.6. The van der Waals surface area contributed by atoms with Crippen molar-refractivity contribution < 1.29 is 29.4 Å². The molecule has 0 aliphatic rings. The first kappa shape index (κ1) is 21.5. The topological polar surface area (TPSA) is 159 Å².